The molecule has 0 amide bonds. The lowest BCUT2D eigenvalue weighted by Crippen LogP contribution is -1.94. The molecule has 1 aromatic carbocycles. The maximum absolute atomic E-state index is 9.02. The summed E-state index contributed by atoms with van der Waals surface area (Å²) in [5, 5.41) is 9.66. The molecule has 0 atom stereocenters. The van der Waals surface area contributed by atoms with E-state index in [2.05, 4.69) is 9.97 Å². The number of aromatic nitrogens is 2. The lowest BCUT2D eigenvalue weighted by molar-refractivity contribution is 1.16. The zero-order valence-electron chi connectivity index (χ0n) is 8.28. The highest BCUT2D eigenvalue weighted by molar-refractivity contribution is 6.33. The number of hydrogen-bond donors (Lipinski definition) is 0. The van der Waals surface area contributed by atoms with Gasteiger partial charge in [-0.25, -0.2) is 9.97 Å². The van der Waals surface area contributed by atoms with Gasteiger partial charge in [0.2, 0.25) is 5.28 Å². The fourth-order valence-corrected chi connectivity index (χ4v) is 1.87. The third kappa shape index (κ3) is 2.50. The Kier molecular flexibility index (Phi) is 3.49. The van der Waals surface area contributed by atoms with E-state index < -0.39 is 0 Å². The Hall–Kier alpha value is -1.34. The van der Waals surface area contributed by atoms with Gasteiger partial charge in [0.1, 0.15) is 11.6 Å². The Morgan fingerprint density at radius 2 is 1.65 bits per heavy atom. The Labute approximate surface area is 113 Å². The van der Waals surface area contributed by atoms with Crippen LogP contribution in [-0.4, -0.2) is 9.97 Å². The van der Waals surface area contributed by atoms with Crippen molar-refractivity contribution in [2.24, 2.45) is 0 Å². The van der Waals surface area contributed by atoms with E-state index in [1.807, 2.05) is 6.07 Å². The van der Waals surface area contributed by atoms with Gasteiger partial charge in [0, 0.05) is 10.6 Å². The topological polar surface area (TPSA) is 49.6 Å². The molecule has 1 aromatic heterocycles. The second-order valence-electron chi connectivity index (χ2n) is 3.13. The van der Waals surface area contributed by atoms with Gasteiger partial charge in [0.25, 0.3) is 0 Å². The van der Waals surface area contributed by atoms with Crippen molar-refractivity contribution >= 4 is 34.8 Å². The van der Waals surface area contributed by atoms with Crippen LogP contribution < -0.4 is 0 Å². The van der Waals surface area contributed by atoms with Crippen LogP contribution in [0.15, 0.2) is 24.3 Å². The van der Waals surface area contributed by atoms with Crippen LogP contribution in [0.5, 0.6) is 0 Å². The van der Waals surface area contributed by atoms with Crippen LogP contribution in [0, 0.1) is 11.3 Å². The summed E-state index contributed by atoms with van der Waals surface area (Å²) in [5.74, 6) is 0. The van der Waals surface area contributed by atoms with Gasteiger partial charge in [0.15, 0.2) is 5.15 Å². The van der Waals surface area contributed by atoms with Crippen molar-refractivity contribution in [3.8, 4) is 17.3 Å². The third-order valence-corrected chi connectivity index (χ3v) is 2.76. The molecule has 0 radical (unpaired) electrons. The van der Waals surface area contributed by atoms with Gasteiger partial charge in [-0.1, -0.05) is 35.3 Å². The smallest absolute Gasteiger partial charge is 0.216 e. The van der Waals surface area contributed by atoms with E-state index in [1.165, 1.54) is 0 Å². The van der Waals surface area contributed by atoms with Crippen LogP contribution in [-0.2, 0) is 0 Å². The lowest BCUT2D eigenvalue weighted by Gasteiger charge is -2.05. The van der Waals surface area contributed by atoms with Gasteiger partial charge >= 0.3 is 0 Å². The van der Waals surface area contributed by atoms with E-state index in [9.17, 15) is 0 Å². The molecule has 0 aliphatic heterocycles. The number of benzene rings is 1. The van der Waals surface area contributed by atoms with E-state index in [0.717, 1.165) is 0 Å². The minimum absolute atomic E-state index is 0.000972. The molecule has 2 aromatic rings. The summed E-state index contributed by atoms with van der Waals surface area (Å²) in [6.45, 7) is 0. The molecule has 1 heterocycles. The average molecular weight is 285 g/mol. The first-order valence-electron chi connectivity index (χ1n) is 4.51. The molecule has 2 rings (SSSR count). The highest BCUT2D eigenvalue weighted by Gasteiger charge is 2.13. The molecule has 84 valence electrons. The SMILES string of the molecule is N#Cc1c(Cl)nc(Cl)nc1-c1ccc(Cl)cc1. The molecule has 0 spiro atoms. The second-order valence-corrected chi connectivity index (χ2v) is 4.26. The minimum atomic E-state index is -0.000972. The van der Waals surface area contributed by atoms with Crippen LogP contribution in [0.3, 0.4) is 0 Å². The molecular formula is C11H4Cl3N3. The first-order chi connectivity index (χ1) is 8.11. The van der Waals surface area contributed by atoms with Crippen molar-refractivity contribution in [2.75, 3.05) is 0 Å². The monoisotopic (exact) mass is 283 g/mol. The van der Waals surface area contributed by atoms with Gasteiger partial charge in [-0.15, -0.1) is 0 Å². The first kappa shape index (κ1) is 12.1. The van der Waals surface area contributed by atoms with E-state index in [1.54, 1.807) is 24.3 Å². The number of nitrogens with zero attached hydrogens (tertiary/aromatic N) is 3. The van der Waals surface area contributed by atoms with Crippen molar-refractivity contribution in [3.05, 3.63) is 45.3 Å². The second kappa shape index (κ2) is 4.89. The largest absolute Gasteiger partial charge is 0.224 e. The zero-order chi connectivity index (χ0) is 12.4. The molecule has 0 fully saturated rings. The molecular weight excluding hydrogens is 281 g/mol. The average Bonchev–Trinajstić information content (AvgIpc) is 2.29. The normalized spacial score (nSPS) is 10.0. The van der Waals surface area contributed by atoms with E-state index in [0.29, 0.717) is 16.3 Å². The summed E-state index contributed by atoms with van der Waals surface area (Å²) in [5.41, 5.74) is 1.30. The summed E-state index contributed by atoms with van der Waals surface area (Å²) >= 11 is 17.3. The fraction of sp³-hybridized carbons (Fsp3) is 0. The van der Waals surface area contributed by atoms with Gasteiger partial charge in [0.05, 0.1) is 5.69 Å². The van der Waals surface area contributed by atoms with Gasteiger partial charge in [-0.3, -0.25) is 0 Å². The van der Waals surface area contributed by atoms with E-state index in [4.69, 9.17) is 40.1 Å². The van der Waals surface area contributed by atoms with Crippen LogP contribution in [0.2, 0.25) is 15.5 Å². The Morgan fingerprint density at radius 1 is 1.00 bits per heavy atom. The molecule has 6 heteroatoms. The molecule has 0 saturated heterocycles. The summed E-state index contributed by atoms with van der Waals surface area (Å²) in [7, 11) is 0. The van der Waals surface area contributed by atoms with Crippen molar-refractivity contribution < 1.29 is 0 Å². The Balaban J connectivity index is 2.66. The van der Waals surface area contributed by atoms with Crippen molar-refractivity contribution in [2.45, 2.75) is 0 Å². The van der Waals surface area contributed by atoms with Gasteiger partial charge < -0.3 is 0 Å². The molecule has 0 saturated carbocycles. The lowest BCUT2D eigenvalue weighted by atomic mass is 10.1. The number of hydrogen-bond acceptors (Lipinski definition) is 3. The van der Waals surface area contributed by atoms with Crippen LogP contribution in [0.25, 0.3) is 11.3 Å². The first-order valence-corrected chi connectivity index (χ1v) is 5.64. The quantitative estimate of drug-likeness (QED) is 0.588. The van der Waals surface area contributed by atoms with E-state index >= 15 is 0 Å². The molecule has 3 nitrogen and oxygen atoms in total. The van der Waals surface area contributed by atoms with Crippen molar-refractivity contribution in [1.82, 2.24) is 9.97 Å². The fourth-order valence-electron chi connectivity index (χ4n) is 1.32. The van der Waals surface area contributed by atoms with Crippen molar-refractivity contribution in [1.29, 1.82) is 5.26 Å². The summed E-state index contributed by atoms with van der Waals surface area (Å²) in [6, 6.07) is 8.82. The molecule has 0 bridgehead atoms. The molecule has 0 aliphatic rings. The van der Waals surface area contributed by atoms with Gasteiger partial charge in [-0.05, 0) is 23.7 Å². The zero-order valence-corrected chi connectivity index (χ0v) is 10.6. The summed E-state index contributed by atoms with van der Waals surface area (Å²) < 4.78 is 0. The maximum atomic E-state index is 9.02. The number of nitriles is 1. The minimum Gasteiger partial charge on any atom is -0.216 e. The molecule has 17 heavy (non-hydrogen) atoms. The molecule has 0 N–H and O–H groups in total. The Bertz CT molecular complexity index is 603. The number of halogens is 3. The highest BCUT2D eigenvalue weighted by atomic mass is 35.5. The maximum Gasteiger partial charge on any atom is 0.224 e. The predicted molar refractivity (Wildman–Crippen MR) is 67.2 cm³/mol. The highest BCUT2D eigenvalue weighted by Crippen LogP contribution is 2.27. The van der Waals surface area contributed by atoms with E-state index in [-0.39, 0.29) is 16.0 Å². The van der Waals surface area contributed by atoms with Crippen molar-refractivity contribution in [3.63, 3.8) is 0 Å². The summed E-state index contributed by atoms with van der Waals surface area (Å²) in [6.07, 6.45) is 0. The summed E-state index contributed by atoms with van der Waals surface area (Å²) in [4.78, 5) is 7.73. The standard InChI is InChI=1S/C11H4Cl3N3/c12-7-3-1-6(2-4-7)9-8(5-15)10(13)17-11(14)16-9/h1-4H. The number of rotatable bonds is 1. The third-order valence-electron chi connectivity index (χ3n) is 2.07. The Morgan fingerprint density at radius 3 is 2.24 bits per heavy atom. The molecule has 0 aliphatic carbocycles. The van der Waals surface area contributed by atoms with Crippen LogP contribution in [0.1, 0.15) is 5.56 Å². The predicted octanol–water partition coefficient (Wildman–Crippen LogP) is 3.98. The van der Waals surface area contributed by atoms with Crippen LogP contribution in [0.4, 0.5) is 0 Å². The van der Waals surface area contributed by atoms with Crippen LogP contribution >= 0.6 is 34.8 Å². The molecule has 0 unspecified atom stereocenters. The van der Waals surface area contributed by atoms with Gasteiger partial charge in [-0.2, -0.15) is 5.26 Å².